The molecule has 5 aliphatic rings. The van der Waals surface area contributed by atoms with Crippen LogP contribution in [0, 0.1) is 13.8 Å². The first-order valence-electron chi connectivity index (χ1n) is 24.1. The summed E-state index contributed by atoms with van der Waals surface area (Å²) < 4.78 is 14.6. The number of furan rings is 2. The standard InChI is InChI=1S/C62H36B2N2O2S2/c1-33-18-22-40-42-30-46-56-59(61(42)67-48(40)26-33)65(39-16-10-5-11-17-39)60-57-47(31-43-41-23-19-34(2)27-49(41)68-62(43)60)64-45-29-38(36-14-8-4-9-15-36)21-25-51(45)70-53-32-52-54(58(55(53)64)66(56)57)63(46)44-28-37(20-24-50(44)69-52)35-12-6-3-7-13-35/h3-32H,1-2H3. The van der Waals surface area contributed by atoms with Gasteiger partial charge < -0.3 is 18.6 Å². The maximum atomic E-state index is 7.31. The van der Waals surface area contributed by atoms with Gasteiger partial charge in [-0.2, -0.15) is 0 Å². The van der Waals surface area contributed by atoms with Gasteiger partial charge in [0.25, 0.3) is 0 Å². The Morgan fingerprint density at radius 3 is 1.31 bits per heavy atom. The molecule has 8 heteroatoms. The maximum Gasteiger partial charge on any atom is 0.249 e. The summed E-state index contributed by atoms with van der Waals surface area (Å²) in [6.07, 6.45) is 0. The second-order valence-corrected chi connectivity index (χ2v) is 21.8. The summed E-state index contributed by atoms with van der Waals surface area (Å²) in [6, 6.07) is 68.0. The molecule has 10 aromatic carbocycles. The zero-order valence-electron chi connectivity index (χ0n) is 38.0. The van der Waals surface area contributed by atoms with Crippen LogP contribution in [0.3, 0.4) is 0 Å². The first-order valence-corrected chi connectivity index (χ1v) is 25.8. The molecule has 0 atom stereocenters. The van der Waals surface area contributed by atoms with E-state index in [0.29, 0.717) is 0 Å². The van der Waals surface area contributed by atoms with Crippen LogP contribution in [0.2, 0.25) is 0 Å². The summed E-state index contributed by atoms with van der Waals surface area (Å²) in [7, 11) is 0. The molecule has 17 rings (SSSR count). The predicted molar refractivity (Wildman–Crippen MR) is 295 cm³/mol. The lowest BCUT2D eigenvalue weighted by Crippen LogP contribution is -2.68. The number of para-hydroxylation sites is 1. The second kappa shape index (κ2) is 13.5. The third-order valence-corrected chi connectivity index (χ3v) is 18.0. The molecule has 0 unspecified atom stereocenters. The van der Waals surface area contributed by atoms with Crippen LogP contribution in [0.25, 0.3) is 66.1 Å². The van der Waals surface area contributed by atoms with E-state index >= 15 is 0 Å². The summed E-state index contributed by atoms with van der Waals surface area (Å²) in [5.74, 6) is 0. The van der Waals surface area contributed by atoms with Crippen LogP contribution >= 0.6 is 23.5 Å². The fraction of sp³-hybridized carbons (Fsp3) is 0.0323. The van der Waals surface area contributed by atoms with Crippen LogP contribution in [0.5, 0.6) is 0 Å². The van der Waals surface area contributed by atoms with Crippen LogP contribution in [-0.4, -0.2) is 13.4 Å². The van der Waals surface area contributed by atoms with Gasteiger partial charge >= 0.3 is 0 Å². The van der Waals surface area contributed by atoms with E-state index in [-0.39, 0.29) is 13.4 Å². The van der Waals surface area contributed by atoms with Crippen molar-refractivity contribution in [1.82, 2.24) is 0 Å². The molecule has 0 saturated heterocycles. The molecular formula is C62H36B2N2O2S2. The van der Waals surface area contributed by atoms with E-state index in [2.05, 4.69) is 206 Å². The van der Waals surface area contributed by atoms with Crippen LogP contribution in [0.1, 0.15) is 11.1 Å². The van der Waals surface area contributed by atoms with Gasteiger partial charge in [0.1, 0.15) is 22.5 Å². The first-order chi connectivity index (χ1) is 34.5. The zero-order valence-corrected chi connectivity index (χ0v) is 39.6. The molecule has 0 aliphatic carbocycles. The fourth-order valence-electron chi connectivity index (χ4n) is 12.8. The third-order valence-electron chi connectivity index (χ3n) is 15.7. The van der Waals surface area contributed by atoms with E-state index in [1.54, 1.807) is 0 Å². The van der Waals surface area contributed by atoms with Crippen molar-refractivity contribution in [2.45, 2.75) is 33.4 Å². The normalized spacial score (nSPS) is 14.2. The van der Waals surface area contributed by atoms with Gasteiger partial charge in [-0.1, -0.05) is 174 Å². The van der Waals surface area contributed by atoms with E-state index in [1.165, 1.54) is 103 Å². The molecule has 70 heavy (non-hydrogen) atoms. The van der Waals surface area contributed by atoms with Gasteiger partial charge in [0.15, 0.2) is 11.2 Å². The number of nitrogens with zero attached hydrogens (tertiary/aromatic N) is 2. The maximum absolute atomic E-state index is 7.31. The molecule has 0 N–H and O–H groups in total. The Morgan fingerprint density at radius 2 is 0.829 bits per heavy atom. The van der Waals surface area contributed by atoms with Crippen molar-refractivity contribution in [1.29, 1.82) is 0 Å². The molecule has 4 nitrogen and oxygen atoms in total. The molecular weight excluding hydrogens is 890 g/mol. The van der Waals surface area contributed by atoms with Gasteiger partial charge in [0.2, 0.25) is 13.4 Å². The van der Waals surface area contributed by atoms with Crippen molar-refractivity contribution in [3.8, 4) is 22.3 Å². The van der Waals surface area contributed by atoms with E-state index in [1.807, 2.05) is 23.5 Å². The van der Waals surface area contributed by atoms with Crippen molar-refractivity contribution in [2.24, 2.45) is 0 Å². The highest BCUT2D eigenvalue weighted by atomic mass is 32.2. The highest BCUT2D eigenvalue weighted by Crippen LogP contribution is 2.61. The molecule has 0 spiro atoms. The highest BCUT2D eigenvalue weighted by molar-refractivity contribution is 8.01. The topological polar surface area (TPSA) is 32.8 Å². The quantitative estimate of drug-likeness (QED) is 0.164. The van der Waals surface area contributed by atoms with Crippen molar-refractivity contribution in [3.05, 3.63) is 193 Å². The average Bonchev–Trinajstić information content (AvgIpc) is 3.96. The molecule has 324 valence electrons. The van der Waals surface area contributed by atoms with E-state index in [4.69, 9.17) is 8.83 Å². The third kappa shape index (κ3) is 4.87. The van der Waals surface area contributed by atoms with Crippen LogP contribution in [-0.2, 0) is 0 Å². The monoisotopic (exact) mass is 926 g/mol. The van der Waals surface area contributed by atoms with Gasteiger partial charge in [0, 0.05) is 52.5 Å². The number of anilines is 6. The summed E-state index contributed by atoms with van der Waals surface area (Å²) in [5, 5.41) is 4.49. The molecule has 0 bridgehead atoms. The number of hydrogen-bond acceptors (Lipinski definition) is 6. The molecule has 7 heterocycles. The Morgan fingerprint density at radius 1 is 0.357 bits per heavy atom. The summed E-state index contributed by atoms with van der Waals surface area (Å²) >= 11 is 3.87. The Kier molecular flexibility index (Phi) is 7.36. The van der Waals surface area contributed by atoms with Crippen LogP contribution in [0.15, 0.2) is 210 Å². The molecule has 0 saturated carbocycles. The van der Waals surface area contributed by atoms with Gasteiger partial charge in [0.05, 0.1) is 11.4 Å². The summed E-state index contributed by atoms with van der Waals surface area (Å²) in [5.41, 5.74) is 25.7. The van der Waals surface area contributed by atoms with Gasteiger partial charge in [-0.3, -0.25) is 0 Å². The summed E-state index contributed by atoms with van der Waals surface area (Å²) in [4.78, 5) is 10.5. The van der Waals surface area contributed by atoms with Gasteiger partial charge in [-0.15, -0.1) is 0 Å². The van der Waals surface area contributed by atoms with E-state index < -0.39 is 0 Å². The predicted octanol–water partition coefficient (Wildman–Crippen LogP) is 13.3. The smallest absolute Gasteiger partial charge is 0.249 e. The molecule has 0 amide bonds. The molecule has 5 aliphatic heterocycles. The van der Waals surface area contributed by atoms with Gasteiger partial charge in [-0.05, 0) is 112 Å². The number of benzene rings is 10. The minimum absolute atomic E-state index is 0.0543. The largest absolute Gasteiger partial charge is 0.454 e. The lowest BCUT2D eigenvalue weighted by atomic mass is 9.30. The molecule has 12 aromatic rings. The van der Waals surface area contributed by atoms with E-state index in [9.17, 15) is 0 Å². The van der Waals surface area contributed by atoms with Crippen LogP contribution < -0.4 is 42.6 Å². The van der Waals surface area contributed by atoms with Crippen molar-refractivity contribution < 1.29 is 8.83 Å². The number of hydrogen-bond donors (Lipinski definition) is 0. The number of fused-ring (bicyclic) bond motifs is 14. The minimum atomic E-state index is -0.0543. The van der Waals surface area contributed by atoms with Crippen molar-refractivity contribution in [3.63, 3.8) is 0 Å². The molecule has 2 aromatic heterocycles. The Bertz CT molecular complexity index is 4100. The lowest BCUT2D eigenvalue weighted by molar-refractivity contribution is 0.665. The molecule has 0 radical (unpaired) electrons. The number of rotatable bonds is 3. The Hall–Kier alpha value is -7.77. The van der Waals surface area contributed by atoms with Gasteiger partial charge in [-0.25, -0.2) is 0 Å². The molecule has 0 fully saturated rings. The minimum Gasteiger partial charge on any atom is -0.454 e. The zero-order chi connectivity index (χ0) is 45.7. The average molecular weight is 927 g/mol. The lowest BCUT2D eigenvalue weighted by Gasteiger charge is -2.52. The second-order valence-electron chi connectivity index (χ2n) is 19.6. The summed E-state index contributed by atoms with van der Waals surface area (Å²) in [6.45, 7) is 4.20. The Labute approximate surface area is 412 Å². The van der Waals surface area contributed by atoms with Crippen LogP contribution in [0.4, 0.5) is 34.1 Å². The van der Waals surface area contributed by atoms with E-state index in [0.717, 1.165) is 60.9 Å². The fourth-order valence-corrected chi connectivity index (χ4v) is 15.2. The highest BCUT2D eigenvalue weighted by Gasteiger charge is 2.54. The number of aryl methyl sites for hydroxylation is 2. The van der Waals surface area contributed by atoms with Crippen molar-refractivity contribution in [2.75, 3.05) is 9.80 Å². The SMILES string of the molecule is Cc1ccc2c(c1)oc1c3c4c(cc12)B1c2cc(-c5ccccc5)ccc2Sc2cc5c6c(c21)N4c1c(cc2c(oc4cc(C)ccc42)c1N3c1ccccc1)B6c1cc(-c2ccccc2)ccc1S5. The van der Waals surface area contributed by atoms with Crippen molar-refractivity contribution >= 4 is 148 Å². The first kappa shape index (κ1) is 38.1. The Balaban J connectivity index is 1.08.